The standard InChI is InChI=1S/C16H23N5O2S/c1-11-6-21(7-12(2)23-11)9-14-5-18-16(24-14)19-15(22)13-3-4-20(8-13)10-17/h5,11-13H,3-4,6-9H2,1-2H3,(H,18,19,22)/t11?,12?,13-/m0/s1. The summed E-state index contributed by atoms with van der Waals surface area (Å²) in [5.74, 6) is -0.166. The molecule has 7 nitrogen and oxygen atoms in total. The lowest BCUT2D eigenvalue weighted by atomic mass is 10.1. The summed E-state index contributed by atoms with van der Waals surface area (Å²) in [4.78, 5) is 21.7. The second-order valence-electron chi connectivity index (χ2n) is 6.60. The molecule has 0 aromatic carbocycles. The molecule has 24 heavy (non-hydrogen) atoms. The summed E-state index contributed by atoms with van der Waals surface area (Å²) in [5, 5.41) is 12.4. The number of likely N-dealkylation sites (tertiary alicyclic amines) is 1. The third-order valence-electron chi connectivity index (χ3n) is 4.36. The molecule has 2 saturated heterocycles. The molecular formula is C16H23N5O2S. The Balaban J connectivity index is 1.52. The Labute approximate surface area is 146 Å². The Kier molecular flexibility index (Phi) is 5.33. The average Bonchev–Trinajstić information content (AvgIpc) is 3.15. The summed E-state index contributed by atoms with van der Waals surface area (Å²) in [6.07, 6.45) is 5.14. The van der Waals surface area contributed by atoms with Gasteiger partial charge in [0.25, 0.3) is 0 Å². The molecule has 1 amide bonds. The van der Waals surface area contributed by atoms with E-state index in [1.165, 1.54) is 11.3 Å². The molecule has 2 unspecified atom stereocenters. The van der Waals surface area contributed by atoms with Crippen molar-refractivity contribution in [2.24, 2.45) is 5.92 Å². The summed E-state index contributed by atoms with van der Waals surface area (Å²) in [6.45, 7) is 8.00. The molecule has 2 aliphatic heterocycles. The quantitative estimate of drug-likeness (QED) is 0.830. The number of hydrogen-bond donors (Lipinski definition) is 1. The number of nitrogens with one attached hydrogen (secondary N) is 1. The van der Waals surface area contributed by atoms with Crippen LogP contribution in [0.25, 0.3) is 0 Å². The Hall–Kier alpha value is -1.69. The van der Waals surface area contributed by atoms with Crippen LogP contribution in [0.3, 0.4) is 0 Å². The van der Waals surface area contributed by atoms with Crippen LogP contribution in [0.5, 0.6) is 0 Å². The van der Waals surface area contributed by atoms with E-state index in [9.17, 15) is 4.79 Å². The van der Waals surface area contributed by atoms with E-state index in [2.05, 4.69) is 35.2 Å². The Morgan fingerprint density at radius 3 is 2.88 bits per heavy atom. The van der Waals surface area contributed by atoms with E-state index < -0.39 is 0 Å². The Morgan fingerprint density at radius 2 is 2.21 bits per heavy atom. The number of thiazole rings is 1. The van der Waals surface area contributed by atoms with Crippen molar-refractivity contribution >= 4 is 22.4 Å². The first-order valence-corrected chi connectivity index (χ1v) is 9.13. The topological polar surface area (TPSA) is 81.5 Å². The van der Waals surface area contributed by atoms with Gasteiger partial charge in [0.1, 0.15) is 0 Å². The van der Waals surface area contributed by atoms with Crippen LogP contribution < -0.4 is 5.32 Å². The van der Waals surface area contributed by atoms with Gasteiger partial charge in [-0.05, 0) is 20.3 Å². The number of amides is 1. The van der Waals surface area contributed by atoms with Crippen molar-refractivity contribution in [3.05, 3.63) is 11.1 Å². The molecule has 0 saturated carbocycles. The van der Waals surface area contributed by atoms with Gasteiger partial charge in [-0.3, -0.25) is 9.69 Å². The van der Waals surface area contributed by atoms with Crippen molar-refractivity contribution in [1.29, 1.82) is 5.26 Å². The molecule has 130 valence electrons. The van der Waals surface area contributed by atoms with E-state index in [0.29, 0.717) is 18.2 Å². The van der Waals surface area contributed by atoms with E-state index in [4.69, 9.17) is 10.00 Å². The van der Waals surface area contributed by atoms with Gasteiger partial charge in [-0.1, -0.05) is 0 Å². The summed E-state index contributed by atoms with van der Waals surface area (Å²) in [6, 6.07) is 0. The van der Waals surface area contributed by atoms with Crippen LogP contribution in [0.2, 0.25) is 0 Å². The van der Waals surface area contributed by atoms with Crippen molar-refractivity contribution in [2.75, 3.05) is 31.5 Å². The molecule has 2 fully saturated rings. The number of ether oxygens (including phenoxy) is 1. The minimum Gasteiger partial charge on any atom is -0.373 e. The summed E-state index contributed by atoms with van der Waals surface area (Å²) in [7, 11) is 0. The Morgan fingerprint density at radius 1 is 1.46 bits per heavy atom. The number of carbonyl (C=O) groups is 1. The highest BCUT2D eigenvalue weighted by molar-refractivity contribution is 7.15. The van der Waals surface area contributed by atoms with E-state index in [1.807, 2.05) is 6.20 Å². The number of aromatic nitrogens is 1. The number of nitrogens with zero attached hydrogens (tertiary/aromatic N) is 4. The van der Waals surface area contributed by atoms with Crippen LogP contribution in [0, 0.1) is 17.4 Å². The lowest BCUT2D eigenvalue weighted by Gasteiger charge is -2.34. The maximum Gasteiger partial charge on any atom is 0.231 e. The second-order valence-corrected chi connectivity index (χ2v) is 7.72. The summed E-state index contributed by atoms with van der Waals surface area (Å²) < 4.78 is 5.75. The van der Waals surface area contributed by atoms with Crippen molar-refractivity contribution in [1.82, 2.24) is 14.8 Å². The fourth-order valence-electron chi connectivity index (χ4n) is 3.34. The molecule has 0 radical (unpaired) electrons. The number of anilines is 1. The van der Waals surface area contributed by atoms with E-state index >= 15 is 0 Å². The minimum absolute atomic E-state index is 0.0396. The highest BCUT2D eigenvalue weighted by Crippen LogP contribution is 2.23. The zero-order valence-electron chi connectivity index (χ0n) is 14.1. The molecule has 1 N–H and O–H groups in total. The highest BCUT2D eigenvalue weighted by atomic mass is 32.1. The SMILES string of the molecule is CC1CN(Cc2cnc(NC(=O)[C@H]3CCN(C#N)C3)s2)CC(C)O1. The van der Waals surface area contributed by atoms with Crippen LogP contribution >= 0.6 is 11.3 Å². The van der Waals surface area contributed by atoms with Gasteiger partial charge >= 0.3 is 0 Å². The lowest BCUT2D eigenvalue weighted by molar-refractivity contribution is -0.119. The highest BCUT2D eigenvalue weighted by Gasteiger charge is 2.28. The van der Waals surface area contributed by atoms with Gasteiger partial charge in [0, 0.05) is 43.8 Å². The van der Waals surface area contributed by atoms with Gasteiger partial charge < -0.3 is 15.0 Å². The first kappa shape index (κ1) is 17.1. The van der Waals surface area contributed by atoms with Crippen LogP contribution in [0.4, 0.5) is 5.13 Å². The van der Waals surface area contributed by atoms with Crippen LogP contribution in [-0.2, 0) is 16.1 Å². The largest absolute Gasteiger partial charge is 0.373 e. The predicted octanol–water partition coefficient (Wildman–Crippen LogP) is 1.49. The monoisotopic (exact) mass is 349 g/mol. The fraction of sp³-hybridized carbons (Fsp3) is 0.688. The third kappa shape index (κ3) is 4.23. The predicted molar refractivity (Wildman–Crippen MR) is 91.3 cm³/mol. The van der Waals surface area contributed by atoms with E-state index in [1.54, 1.807) is 4.90 Å². The smallest absolute Gasteiger partial charge is 0.231 e. The van der Waals surface area contributed by atoms with Gasteiger partial charge in [-0.25, -0.2) is 4.98 Å². The molecule has 3 rings (SSSR count). The Bertz CT molecular complexity index is 618. The maximum absolute atomic E-state index is 12.3. The number of nitriles is 1. The number of carbonyl (C=O) groups excluding carboxylic acids is 1. The fourth-order valence-corrected chi connectivity index (χ4v) is 4.20. The van der Waals surface area contributed by atoms with Crippen LogP contribution in [-0.4, -0.2) is 59.1 Å². The molecule has 1 aromatic rings. The molecule has 1 aromatic heterocycles. The van der Waals surface area contributed by atoms with Gasteiger partial charge in [-0.2, -0.15) is 5.26 Å². The molecular weight excluding hydrogens is 326 g/mol. The zero-order chi connectivity index (χ0) is 17.1. The van der Waals surface area contributed by atoms with Gasteiger partial charge in [-0.15, -0.1) is 11.3 Å². The molecule has 0 spiro atoms. The molecule has 8 heteroatoms. The van der Waals surface area contributed by atoms with Gasteiger partial charge in [0.05, 0.1) is 18.1 Å². The van der Waals surface area contributed by atoms with E-state index in [0.717, 1.165) is 30.9 Å². The van der Waals surface area contributed by atoms with Gasteiger partial charge in [0.2, 0.25) is 5.91 Å². The maximum atomic E-state index is 12.3. The molecule has 0 bridgehead atoms. The first-order valence-electron chi connectivity index (χ1n) is 8.31. The number of hydrogen-bond acceptors (Lipinski definition) is 7. The molecule has 3 heterocycles. The third-order valence-corrected chi connectivity index (χ3v) is 5.26. The molecule has 2 aliphatic rings. The van der Waals surface area contributed by atoms with E-state index in [-0.39, 0.29) is 24.0 Å². The van der Waals surface area contributed by atoms with Crippen molar-refractivity contribution in [3.63, 3.8) is 0 Å². The summed E-state index contributed by atoms with van der Waals surface area (Å²) >= 11 is 1.52. The normalized spacial score (nSPS) is 27.9. The second kappa shape index (κ2) is 7.47. The number of rotatable bonds is 4. The van der Waals surface area contributed by atoms with Crippen LogP contribution in [0.1, 0.15) is 25.1 Å². The van der Waals surface area contributed by atoms with Crippen molar-refractivity contribution in [3.8, 4) is 6.19 Å². The molecule has 0 aliphatic carbocycles. The van der Waals surface area contributed by atoms with Crippen molar-refractivity contribution < 1.29 is 9.53 Å². The first-order chi connectivity index (χ1) is 11.5. The number of morpholine rings is 1. The van der Waals surface area contributed by atoms with Crippen molar-refractivity contribution in [2.45, 2.75) is 39.0 Å². The minimum atomic E-state index is -0.127. The average molecular weight is 349 g/mol. The van der Waals surface area contributed by atoms with Gasteiger partial charge in [0.15, 0.2) is 11.3 Å². The summed E-state index contributed by atoms with van der Waals surface area (Å²) in [5.41, 5.74) is 0. The lowest BCUT2D eigenvalue weighted by Crippen LogP contribution is -2.44. The molecule has 3 atom stereocenters. The zero-order valence-corrected chi connectivity index (χ0v) is 14.9. The van der Waals surface area contributed by atoms with Crippen LogP contribution in [0.15, 0.2) is 6.20 Å².